The lowest BCUT2D eigenvalue weighted by Crippen LogP contribution is -2.31. The lowest BCUT2D eigenvalue weighted by molar-refractivity contribution is -0.384. The Hall–Kier alpha value is -5.06. The molecule has 1 atom stereocenters. The number of allylic oxidation sites excluding steroid dienone is 1. The molecule has 0 saturated heterocycles. The van der Waals surface area contributed by atoms with Gasteiger partial charge in [0.25, 0.3) is 11.6 Å². The third kappa shape index (κ3) is 4.13. The van der Waals surface area contributed by atoms with Gasteiger partial charge in [-0.2, -0.15) is 4.98 Å². The highest BCUT2D eigenvalue weighted by atomic mass is 16.6. The Labute approximate surface area is 205 Å². The molecule has 0 saturated carbocycles. The molecule has 11 nitrogen and oxygen atoms in total. The van der Waals surface area contributed by atoms with Gasteiger partial charge in [0.2, 0.25) is 5.95 Å². The molecule has 2 N–H and O–H groups in total. The van der Waals surface area contributed by atoms with Gasteiger partial charge in [-0.1, -0.05) is 30.3 Å². The van der Waals surface area contributed by atoms with Crippen LogP contribution in [0.5, 0.6) is 5.75 Å². The van der Waals surface area contributed by atoms with Crippen molar-refractivity contribution in [2.45, 2.75) is 13.0 Å². The minimum absolute atomic E-state index is 0.0665. The molecule has 0 aliphatic carbocycles. The van der Waals surface area contributed by atoms with E-state index >= 15 is 0 Å². The molecular weight excluding hydrogens is 462 g/mol. The van der Waals surface area contributed by atoms with Crippen molar-refractivity contribution in [2.24, 2.45) is 0 Å². The Morgan fingerprint density at radius 3 is 2.75 bits per heavy atom. The van der Waals surface area contributed by atoms with Crippen LogP contribution in [0.15, 0.2) is 84.3 Å². The lowest BCUT2D eigenvalue weighted by Gasteiger charge is -2.28. The summed E-state index contributed by atoms with van der Waals surface area (Å²) in [6, 6.07) is 16.2. The zero-order chi connectivity index (χ0) is 25.2. The molecule has 4 aromatic rings. The Balaban J connectivity index is 1.59. The monoisotopic (exact) mass is 483 g/mol. The fourth-order valence-corrected chi connectivity index (χ4v) is 4.11. The first-order valence-electron chi connectivity index (χ1n) is 11.0. The van der Waals surface area contributed by atoms with Crippen LogP contribution >= 0.6 is 0 Å². The number of pyridine rings is 1. The number of hydrogen-bond acceptors (Lipinski definition) is 8. The van der Waals surface area contributed by atoms with Crippen molar-refractivity contribution in [2.75, 3.05) is 17.7 Å². The fourth-order valence-electron chi connectivity index (χ4n) is 4.11. The SMILES string of the molecule is COc1ccccc1NC(=O)C1=C(C)Nc2nc(-c3cccc([N+](=O)[O-])c3)nn2C1c1cccnc1. The lowest BCUT2D eigenvalue weighted by atomic mass is 9.96. The van der Waals surface area contributed by atoms with Crippen molar-refractivity contribution < 1.29 is 14.5 Å². The molecule has 3 heterocycles. The number of nitro benzene ring substituents is 1. The van der Waals surface area contributed by atoms with Crippen LogP contribution < -0.4 is 15.4 Å². The summed E-state index contributed by atoms with van der Waals surface area (Å²) in [4.78, 5) is 33.2. The summed E-state index contributed by atoms with van der Waals surface area (Å²) in [6.07, 6.45) is 3.31. The van der Waals surface area contributed by atoms with E-state index in [9.17, 15) is 14.9 Å². The predicted octanol–water partition coefficient (Wildman–Crippen LogP) is 4.18. The first kappa shape index (κ1) is 22.7. The van der Waals surface area contributed by atoms with Crippen LogP contribution in [0.1, 0.15) is 18.5 Å². The summed E-state index contributed by atoms with van der Waals surface area (Å²) < 4.78 is 6.97. The van der Waals surface area contributed by atoms with Crippen LogP contribution in [-0.4, -0.2) is 37.7 Å². The van der Waals surface area contributed by atoms with Crippen molar-refractivity contribution in [1.29, 1.82) is 0 Å². The highest BCUT2D eigenvalue weighted by Crippen LogP contribution is 2.37. The van der Waals surface area contributed by atoms with Gasteiger partial charge in [-0.3, -0.25) is 19.9 Å². The molecule has 1 unspecified atom stereocenters. The quantitative estimate of drug-likeness (QED) is 0.308. The van der Waals surface area contributed by atoms with Gasteiger partial charge in [-0.15, -0.1) is 5.10 Å². The number of amides is 1. The molecule has 0 spiro atoms. The molecule has 1 amide bonds. The Bertz CT molecular complexity index is 1500. The molecule has 2 aromatic heterocycles. The molecule has 11 heteroatoms. The van der Waals surface area contributed by atoms with Crippen LogP contribution in [0.2, 0.25) is 0 Å². The maximum Gasteiger partial charge on any atom is 0.270 e. The molecule has 36 heavy (non-hydrogen) atoms. The molecule has 2 aromatic carbocycles. The van der Waals surface area contributed by atoms with E-state index in [0.717, 1.165) is 5.56 Å². The molecular formula is C25H21N7O4. The number of benzene rings is 2. The Morgan fingerprint density at radius 2 is 2.00 bits per heavy atom. The standard InChI is InChI=1S/C25H21N7O4/c1-15-21(24(33)28-19-10-3-4-11-20(19)36-2)22(17-8-6-12-26-14-17)31-25(27-15)29-23(30-31)16-7-5-9-18(13-16)32(34)35/h3-14,22H,1-2H3,(H,28,33)(H,27,29,30). The molecule has 0 radical (unpaired) electrons. The Morgan fingerprint density at radius 1 is 1.17 bits per heavy atom. The van der Waals surface area contributed by atoms with Gasteiger partial charge in [0.1, 0.15) is 11.8 Å². The van der Waals surface area contributed by atoms with E-state index in [1.807, 2.05) is 12.1 Å². The van der Waals surface area contributed by atoms with Crippen molar-refractivity contribution in [3.8, 4) is 17.1 Å². The largest absolute Gasteiger partial charge is 0.495 e. The number of non-ortho nitro benzene ring substituents is 1. The van der Waals surface area contributed by atoms with Crippen molar-refractivity contribution >= 4 is 23.2 Å². The van der Waals surface area contributed by atoms with Crippen molar-refractivity contribution in [1.82, 2.24) is 19.7 Å². The summed E-state index contributed by atoms with van der Waals surface area (Å²) in [7, 11) is 1.53. The number of nitro groups is 1. The summed E-state index contributed by atoms with van der Waals surface area (Å²) in [6.45, 7) is 1.78. The zero-order valence-electron chi connectivity index (χ0n) is 19.4. The second-order valence-corrected chi connectivity index (χ2v) is 8.02. The first-order chi connectivity index (χ1) is 17.5. The van der Waals surface area contributed by atoms with E-state index in [4.69, 9.17) is 4.74 Å². The highest BCUT2D eigenvalue weighted by molar-refractivity contribution is 6.06. The van der Waals surface area contributed by atoms with Crippen LogP contribution in [0.3, 0.4) is 0 Å². The minimum atomic E-state index is -0.649. The number of carbonyl (C=O) groups excluding carboxylic acids is 1. The number of para-hydroxylation sites is 2. The van der Waals surface area contributed by atoms with Gasteiger partial charge >= 0.3 is 0 Å². The van der Waals surface area contributed by atoms with E-state index in [1.54, 1.807) is 60.4 Å². The van der Waals surface area contributed by atoms with Gasteiger partial charge in [-0.25, -0.2) is 4.68 Å². The van der Waals surface area contributed by atoms with Gasteiger partial charge in [-0.05, 0) is 30.7 Å². The number of nitrogens with one attached hydrogen (secondary N) is 2. The van der Waals surface area contributed by atoms with E-state index in [-0.39, 0.29) is 17.4 Å². The van der Waals surface area contributed by atoms with Crippen LogP contribution in [0, 0.1) is 10.1 Å². The van der Waals surface area contributed by atoms with Gasteiger partial charge < -0.3 is 15.4 Å². The molecule has 0 fully saturated rings. The maximum absolute atomic E-state index is 13.6. The summed E-state index contributed by atoms with van der Waals surface area (Å²) in [5.74, 6) is 0.864. The van der Waals surface area contributed by atoms with E-state index in [0.29, 0.717) is 34.2 Å². The normalized spacial score (nSPS) is 14.6. The summed E-state index contributed by atoms with van der Waals surface area (Å²) in [5.41, 5.74) is 2.66. The van der Waals surface area contributed by atoms with Crippen LogP contribution in [0.25, 0.3) is 11.4 Å². The number of hydrogen-bond donors (Lipinski definition) is 2. The van der Waals surface area contributed by atoms with Crippen LogP contribution in [0.4, 0.5) is 17.3 Å². The van der Waals surface area contributed by atoms with E-state index < -0.39 is 11.0 Å². The van der Waals surface area contributed by atoms with Gasteiger partial charge in [0, 0.05) is 35.8 Å². The average molecular weight is 483 g/mol. The zero-order valence-corrected chi connectivity index (χ0v) is 19.4. The second kappa shape index (κ2) is 9.29. The third-order valence-corrected chi connectivity index (χ3v) is 5.77. The number of methoxy groups -OCH3 is 1. The number of nitrogens with zero attached hydrogens (tertiary/aromatic N) is 5. The molecule has 0 bridgehead atoms. The van der Waals surface area contributed by atoms with Gasteiger partial charge in [0.15, 0.2) is 5.82 Å². The average Bonchev–Trinajstić information content (AvgIpc) is 3.32. The van der Waals surface area contributed by atoms with Crippen molar-refractivity contribution in [3.05, 3.63) is 100 Å². The van der Waals surface area contributed by atoms with E-state index in [2.05, 4.69) is 25.7 Å². The summed E-state index contributed by atoms with van der Waals surface area (Å²) in [5, 5.41) is 22.0. The fraction of sp³-hybridized carbons (Fsp3) is 0.120. The maximum atomic E-state index is 13.6. The smallest absolute Gasteiger partial charge is 0.270 e. The second-order valence-electron chi connectivity index (χ2n) is 8.02. The number of carbonyl (C=O) groups is 1. The first-order valence-corrected chi connectivity index (χ1v) is 11.0. The van der Waals surface area contributed by atoms with Crippen LogP contribution in [-0.2, 0) is 4.79 Å². The number of anilines is 2. The number of fused-ring (bicyclic) bond motifs is 1. The predicted molar refractivity (Wildman–Crippen MR) is 132 cm³/mol. The van der Waals surface area contributed by atoms with E-state index in [1.165, 1.54) is 19.2 Å². The highest BCUT2D eigenvalue weighted by Gasteiger charge is 2.35. The molecule has 5 rings (SSSR count). The number of aromatic nitrogens is 4. The van der Waals surface area contributed by atoms with Crippen molar-refractivity contribution in [3.63, 3.8) is 0 Å². The Kier molecular flexibility index (Phi) is 5.87. The molecule has 1 aliphatic heterocycles. The number of ether oxygens (including phenoxy) is 1. The number of rotatable bonds is 6. The third-order valence-electron chi connectivity index (χ3n) is 5.77. The topological polar surface area (TPSA) is 137 Å². The molecule has 1 aliphatic rings. The minimum Gasteiger partial charge on any atom is -0.495 e. The molecule has 180 valence electrons. The van der Waals surface area contributed by atoms with Gasteiger partial charge in [0.05, 0.1) is 23.3 Å². The summed E-state index contributed by atoms with van der Waals surface area (Å²) >= 11 is 0.